The number of hydrogen-bond acceptors (Lipinski definition) is 10. The second-order valence-corrected chi connectivity index (χ2v) is 15.3. The summed E-state index contributed by atoms with van der Waals surface area (Å²) in [6.07, 6.45) is 0.360. The number of likely N-dealkylation sites (tertiary alicyclic amines) is 1. The lowest BCUT2D eigenvalue weighted by atomic mass is 9.96. The maximum absolute atomic E-state index is 13.8. The molecule has 1 fully saturated rings. The first-order chi connectivity index (χ1) is 25.9. The van der Waals surface area contributed by atoms with Gasteiger partial charge in [0, 0.05) is 13.5 Å². The summed E-state index contributed by atoms with van der Waals surface area (Å²) >= 11 is 0. The van der Waals surface area contributed by atoms with Crippen LogP contribution in [0.15, 0.2) is 30.3 Å². The lowest BCUT2D eigenvalue weighted by Crippen LogP contribution is -2.59. The van der Waals surface area contributed by atoms with Crippen molar-refractivity contribution in [2.75, 3.05) is 20.2 Å². The van der Waals surface area contributed by atoms with Gasteiger partial charge in [0.05, 0.1) is 31.7 Å². The van der Waals surface area contributed by atoms with Gasteiger partial charge in [-0.25, -0.2) is 4.79 Å². The Hall–Kier alpha value is -4.57. The highest BCUT2D eigenvalue weighted by Gasteiger charge is 2.38. The second kappa shape index (κ2) is 22.7. The van der Waals surface area contributed by atoms with Crippen molar-refractivity contribution in [3.05, 3.63) is 35.9 Å². The van der Waals surface area contributed by atoms with Gasteiger partial charge in [0.25, 0.3) is 0 Å². The SMILES string of the molecule is CCC(C)C(NC(=O)C1CCCN1CC(O)C(Cc1ccccc1)NC(=O)C(CC(N)=O)NC(=O)C(CC(C)C)NC(C)=O)C(=O)NC(C(=O)OC)C(C)C. The number of primary amides is 1. The van der Waals surface area contributed by atoms with Crippen molar-refractivity contribution in [1.29, 1.82) is 0 Å². The van der Waals surface area contributed by atoms with Crippen molar-refractivity contribution in [3.63, 3.8) is 0 Å². The van der Waals surface area contributed by atoms with Crippen molar-refractivity contribution in [2.45, 2.75) is 129 Å². The summed E-state index contributed by atoms with van der Waals surface area (Å²) in [5, 5.41) is 25.3. The molecule has 16 heteroatoms. The molecule has 55 heavy (non-hydrogen) atoms. The van der Waals surface area contributed by atoms with Crippen LogP contribution in [-0.4, -0.2) is 114 Å². The third-order valence-corrected chi connectivity index (χ3v) is 9.83. The van der Waals surface area contributed by atoms with Crippen LogP contribution in [-0.2, 0) is 44.7 Å². The number of hydrogen-bond donors (Lipinski definition) is 7. The summed E-state index contributed by atoms with van der Waals surface area (Å²) in [6, 6.07) is 3.28. The molecule has 8 unspecified atom stereocenters. The molecule has 0 saturated carbocycles. The smallest absolute Gasteiger partial charge is 0.328 e. The molecule has 16 nitrogen and oxygen atoms in total. The van der Waals surface area contributed by atoms with Crippen molar-refractivity contribution in [3.8, 4) is 0 Å². The van der Waals surface area contributed by atoms with E-state index in [1.807, 2.05) is 58.0 Å². The van der Waals surface area contributed by atoms with Gasteiger partial charge in [-0.15, -0.1) is 0 Å². The molecule has 0 aromatic heterocycles. The molecule has 0 radical (unpaired) electrons. The molecule has 308 valence electrons. The minimum Gasteiger partial charge on any atom is -0.467 e. The zero-order chi connectivity index (χ0) is 41.4. The molecule has 8 atom stereocenters. The zero-order valence-corrected chi connectivity index (χ0v) is 33.6. The molecular weight excluding hydrogens is 710 g/mol. The minimum absolute atomic E-state index is 0.0230. The molecule has 0 bridgehead atoms. The van der Waals surface area contributed by atoms with Crippen LogP contribution in [0.3, 0.4) is 0 Å². The van der Waals surface area contributed by atoms with Crippen molar-refractivity contribution >= 4 is 41.4 Å². The first-order valence-electron chi connectivity index (χ1n) is 19.2. The van der Waals surface area contributed by atoms with Crippen LogP contribution in [0, 0.1) is 17.8 Å². The quantitative estimate of drug-likeness (QED) is 0.0796. The number of carbonyl (C=O) groups is 7. The summed E-state index contributed by atoms with van der Waals surface area (Å²) in [4.78, 5) is 92.4. The van der Waals surface area contributed by atoms with Gasteiger partial charge in [-0.3, -0.25) is 33.7 Å². The molecule has 1 aromatic carbocycles. The molecule has 1 aliphatic heterocycles. The summed E-state index contributed by atoms with van der Waals surface area (Å²) in [6.45, 7) is 12.7. The molecular formula is C39H63N7O9. The Morgan fingerprint density at radius 1 is 0.873 bits per heavy atom. The third-order valence-electron chi connectivity index (χ3n) is 9.83. The Labute approximate surface area is 324 Å². The van der Waals surface area contributed by atoms with E-state index in [1.54, 1.807) is 18.7 Å². The number of amides is 6. The number of aliphatic hydroxyl groups excluding tert-OH is 1. The summed E-state index contributed by atoms with van der Waals surface area (Å²) in [5.74, 6) is -4.71. The highest BCUT2D eigenvalue weighted by atomic mass is 16.5. The number of nitrogens with two attached hydrogens (primary N) is 1. The zero-order valence-electron chi connectivity index (χ0n) is 33.6. The van der Waals surface area contributed by atoms with Gasteiger partial charge in [-0.1, -0.05) is 78.3 Å². The average Bonchev–Trinajstić information content (AvgIpc) is 3.58. The van der Waals surface area contributed by atoms with Crippen LogP contribution in [0.25, 0.3) is 0 Å². The standard InChI is InChI=1S/C39H63N7O9/c1-9-24(6)34(38(53)44-33(23(4)5)39(54)55-8)45-37(52)30-16-13-17-46(30)21-31(48)27(19-26-14-11-10-12-15-26)42-36(51)29(20-32(40)49)43-35(50)28(18-22(2)3)41-25(7)47/h10-12,14-15,22-24,27-31,33-34,48H,9,13,16-21H2,1-8H3,(H2,40,49)(H,41,47)(H,42,51)(H,43,50)(H,44,53)(H,45,52). The highest BCUT2D eigenvalue weighted by molar-refractivity contribution is 5.94. The number of methoxy groups -OCH3 is 1. The maximum Gasteiger partial charge on any atom is 0.328 e. The van der Waals surface area contributed by atoms with Gasteiger partial charge < -0.3 is 42.2 Å². The second-order valence-electron chi connectivity index (χ2n) is 15.3. The summed E-state index contributed by atoms with van der Waals surface area (Å²) < 4.78 is 4.87. The number of rotatable bonds is 22. The van der Waals surface area contributed by atoms with Crippen molar-refractivity contribution < 1.29 is 43.4 Å². The molecule has 1 aromatic rings. The van der Waals surface area contributed by atoms with Gasteiger partial charge in [-0.2, -0.15) is 0 Å². The average molecular weight is 774 g/mol. The summed E-state index contributed by atoms with van der Waals surface area (Å²) in [5.41, 5.74) is 6.26. The van der Waals surface area contributed by atoms with E-state index in [0.717, 1.165) is 5.56 Å². The Kier molecular flexibility index (Phi) is 19.2. The van der Waals surface area contributed by atoms with E-state index in [2.05, 4.69) is 26.6 Å². The van der Waals surface area contributed by atoms with Gasteiger partial charge in [0.2, 0.25) is 35.4 Å². The molecule has 8 N–H and O–H groups in total. The van der Waals surface area contributed by atoms with E-state index in [9.17, 15) is 38.7 Å². The molecule has 1 aliphatic rings. The van der Waals surface area contributed by atoms with Gasteiger partial charge in [-0.05, 0) is 55.5 Å². The van der Waals surface area contributed by atoms with Crippen molar-refractivity contribution in [2.24, 2.45) is 23.5 Å². The first-order valence-corrected chi connectivity index (χ1v) is 19.2. The van der Waals surface area contributed by atoms with Gasteiger partial charge in [0.1, 0.15) is 24.2 Å². The number of ether oxygens (including phenoxy) is 1. The van der Waals surface area contributed by atoms with Crippen LogP contribution in [0.1, 0.15) is 86.1 Å². The Morgan fingerprint density at radius 2 is 1.51 bits per heavy atom. The minimum atomic E-state index is -1.40. The monoisotopic (exact) mass is 773 g/mol. The predicted molar refractivity (Wildman–Crippen MR) is 206 cm³/mol. The fourth-order valence-electron chi connectivity index (χ4n) is 6.59. The lowest BCUT2D eigenvalue weighted by Gasteiger charge is -2.33. The topological polar surface area (TPSA) is 238 Å². The Bertz CT molecular complexity index is 1460. The largest absolute Gasteiger partial charge is 0.467 e. The van der Waals surface area contributed by atoms with E-state index in [0.29, 0.717) is 25.8 Å². The number of β-amino-alcohol motifs (C(OH)–C–C–N with tert-alkyl or cyclic N) is 1. The molecule has 0 aliphatic carbocycles. The number of nitrogens with zero attached hydrogens (tertiary/aromatic N) is 1. The highest BCUT2D eigenvalue weighted by Crippen LogP contribution is 2.21. The number of carbonyl (C=O) groups excluding carboxylic acids is 7. The van der Waals surface area contributed by atoms with Crippen LogP contribution in [0.2, 0.25) is 0 Å². The molecule has 1 heterocycles. The van der Waals surface area contributed by atoms with E-state index in [1.165, 1.54) is 14.0 Å². The van der Waals surface area contributed by atoms with Gasteiger partial charge >= 0.3 is 5.97 Å². The fourth-order valence-corrected chi connectivity index (χ4v) is 6.59. The number of aliphatic hydroxyl groups is 1. The van der Waals surface area contributed by atoms with Crippen molar-refractivity contribution in [1.82, 2.24) is 31.5 Å². The Morgan fingerprint density at radius 3 is 2.05 bits per heavy atom. The van der Waals surface area contributed by atoms with E-state index < -0.39 is 90.2 Å². The number of benzene rings is 1. The van der Waals surface area contributed by atoms with Crippen LogP contribution in [0.4, 0.5) is 0 Å². The maximum atomic E-state index is 13.8. The molecule has 0 spiro atoms. The predicted octanol–water partition coefficient (Wildman–Crippen LogP) is 0.295. The van der Waals surface area contributed by atoms with Crippen LogP contribution >= 0.6 is 0 Å². The first kappa shape index (κ1) is 46.6. The number of nitrogens with one attached hydrogen (secondary N) is 5. The molecule has 2 rings (SSSR count). The normalized spacial score (nSPS) is 18.2. The van der Waals surface area contributed by atoms with Crippen LogP contribution in [0.5, 0.6) is 0 Å². The molecule has 1 saturated heterocycles. The van der Waals surface area contributed by atoms with Gasteiger partial charge in [0.15, 0.2) is 0 Å². The fraction of sp³-hybridized carbons (Fsp3) is 0.667. The van der Waals surface area contributed by atoms with E-state index in [4.69, 9.17) is 10.5 Å². The number of esters is 1. The Balaban J connectivity index is 2.30. The van der Waals surface area contributed by atoms with Crippen LogP contribution < -0.4 is 32.3 Å². The lowest BCUT2D eigenvalue weighted by molar-refractivity contribution is -0.147. The third kappa shape index (κ3) is 15.2. The van der Waals surface area contributed by atoms with E-state index in [-0.39, 0.29) is 37.1 Å². The molecule has 6 amide bonds. The van der Waals surface area contributed by atoms with E-state index >= 15 is 0 Å². The summed E-state index contributed by atoms with van der Waals surface area (Å²) in [7, 11) is 1.24.